The number of hydrogen-bond acceptors (Lipinski definition) is 4. The van der Waals surface area contributed by atoms with Crippen molar-refractivity contribution in [2.75, 3.05) is 20.1 Å². The van der Waals surface area contributed by atoms with Crippen LogP contribution in [0.25, 0.3) is 0 Å². The minimum absolute atomic E-state index is 0.185. The largest absolute Gasteiger partial charge is 0.444 e. The van der Waals surface area contributed by atoms with Gasteiger partial charge in [-0.1, -0.05) is 6.07 Å². The molecular weight excluding hydrogens is 290 g/mol. The van der Waals surface area contributed by atoms with Crippen molar-refractivity contribution in [2.24, 2.45) is 0 Å². The van der Waals surface area contributed by atoms with E-state index in [1.165, 1.54) is 0 Å². The van der Waals surface area contributed by atoms with Crippen molar-refractivity contribution in [1.29, 1.82) is 0 Å². The van der Waals surface area contributed by atoms with E-state index in [0.29, 0.717) is 0 Å². The zero-order valence-corrected chi connectivity index (χ0v) is 15.0. The van der Waals surface area contributed by atoms with Gasteiger partial charge in [0.25, 0.3) is 0 Å². The Hall–Kier alpha value is -1.62. The molecule has 0 aromatic carbocycles. The Balaban J connectivity index is 1.99. The molecule has 1 aliphatic rings. The molecule has 1 aromatic heterocycles. The minimum atomic E-state index is -0.457. The summed E-state index contributed by atoms with van der Waals surface area (Å²) in [5, 5.41) is 0. The Labute approximate surface area is 139 Å². The predicted molar refractivity (Wildman–Crippen MR) is 91.2 cm³/mol. The molecule has 23 heavy (non-hydrogen) atoms. The van der Waals surface area contributed by atoms with Crippen LogP contribution in [0.4, 0.5) is 4.79 Å². The molecule has 0 saturated carbocycles. The number of aromatic nitrogens is 1. The van der Waals surface area contributed by atoms with E-state index in [9.17, 15) is 4.79 Å². The molecule has 128 valence electrons. The lowest BCUT2D eigenvalue weighted by Crippen LogP contribution is -2.50. The van der Waals surface area contributed by atoms with Gasteiger partial charge in [0, 0.05) is 31.9 Å². The van der Waals surface area contributed by atoms with Crippen LogP contribution in [0.1, 0.15) is 52.3 Å². The van der Waals surface area contributed by atoms with E-state index < -0.39 is 5.60 Å². The molecule has 1 aromatic rings. The molecule has 0 N–H and O–H groups in total. The summed E-state index contributed by atoms with van der Waals surface area (Å²) in [6.45, 7) is 9.77. The number of carbonyl (C=O) groups excluding carboxylic acids is 1. The van der Waals surface area contributed by atoms with Gasteiger partial charge in [-0.3, -0.25) is 9.88 Å². The Morgan fingerprint density at radius 3 is 2.78 bits per heavy atom. The quantitative estimate of drug-likeness (QED) is 0.856. The number of carbonyl (C=O) groups is 1. The number of likely N-dealkylation sites (N-methyl/N-ethyl adjacent to an activating group) is 1. The number of pyridine rings is 1. The van der Waals surface area contributed by atoms with Gasteiger partial charge in [-0.2, -0.15) is 0 Å². The lowest BCUT2D eigenvalue weighted by molar-refractivity contribution is 0.0104. The standard InChI is InChI=1S/C18H29N3O2/c1-14(16-10-6-7-11-19-16)21-12-8-9-15(13-21)20(5)17(22)23-18(2,3)4/h6-7,10-11,14-15H,8-9,12-13H2,1-5H3/t14-,15+/m0/s1. The van der Waals surface area contributed by atoms with Gasteiger partial charge < -0.3 is 9.64 Å². The van der Waals surface area contributed by atoms with Crippen LogP contribution in [0.5, 0.6) is 0 Å². The second-order valence-corrected chi connectivity index (χ2v) is 7.31. The highest BCUT2D eigenvalue weighted by atomic mass is 16.6. The molecule has 0 bridgehead atoms. The van der Waals surface area contributed by atoms with E-state index in [4.69, 9.17) is 4.74 Å². The van der Waals surface area contributed by atoms with Crippen molar-refractivity contribution >= 4 is 6.09 Å². The molecule has 0 aliphatic carbocycles. The first kappa shape index (κ1) is 17.7. The predicted octanol–water partition coefficient (Wildman–Crippen LogP) is 3.47. The average molecular weight is 319 g/mol. The van der Waals surface area contributed by atoms with E-state index >= 15 is 0 Å². The van der Waals surface area contributed by atoms with Crippen molar-refractivity contribution in [1.82, 2.24) is 14.8 Å². The molecule has 1 amide bonds. The fourth-order valence-corrected chi connectivity index (χ4v) is 2.94. The summed E-state index contributed by atoms with van der Waals surface area (Å²) in [6, 6.07) is 6.46. The van der Waals surface area contributed by atoms with Crippen molar-refractivity contribution < 1.29 is 9.53 Å². The second kappa shape index (κ2) is 7.30. The highest BCUT2D eigenvalue weighted by Crippen LogP contribution is 2.25. The summed E-state index contributed by atoms with van der Waals surface area (Å²) >= 11 is 0. The minimum Gasteiger partial charge on any atom is -0.444 e. The first-order valence-electron chi connectivity index (χ1n) is 8.39. The molecular formula is C18H29N3O2. The third kappa shape index (κ3) is 4.93. The molecule has 0 unspecified atom stereocenters. The lowest BCUT2D eigenvalue weighted by atomic mass is 10.0. The van der Waals surface area contributed by atoms with E-state index in [1.54, 1.807) is 4.90 Å². The van der Waals surface area contributed by atoms with Gasteiger partial charge in [0.15, 0.2) is 0 Å². The van der Waals surface area contributed by atoms with Crippen LogP contribution in [-0.4, -0.2) is 52.7 Å². The fraction of sp³-hybridized carbons (Fsp3) is 0.667. The van der Waals surface area contributed by atoms with Gasteiger partial charge in [0.1, 0.15) is 5.60 Å². The highest BCUT2D eigenvalue weighted by molar-refractivity contribution is 5.68. The lowest BCUT2D eigenvalue weighted by Gasteiger charge is -2.40. The summed E-state index contributed by atoms with van der Waals surface area (Å²) in [5.74, 6) is 0. The summed E-state index contributed by atoms with van der Waals surface area (Å²) < 4.78 is 5.49. The normalized spacial score (nSPS) is 20.8. The number of amides is 1. The first-order valence-corrected chi connectivity index (χ1v) is 8.39. The summed E-state index contributed by atoms with van der Waals surface area (Å²) in [5.41, 5.74) is 0.620. The van der Waals surface area contributed by atoms with Crippen LogP contribution in [0.2, 0.25) is 0 Å². The van der Waals surface area contributed by atoms with Crippen LogP contribution in [0.15, 0.2) is 24.4 Å². The molecule has 5 heteroatoms. The maximum atomic E-state index is 12.3. The molecule has 5 nitrogen and oxygen atoms in total. The van der Waals surface area contributed by atoms with Crippen LogP contribution in [-0.2, 0) is 4.74 Å². The van der Waals surface area contributed by atoms with Crippen molar-refractivity contribution in [3.05, 3.63) is 30.1 Å². The molecule has 2 heterocycles. The van der Waals surface area contributed by atoms with E-state index in [0.717, 1.165) is 31.6 Å². The Bertz CT molecular complexity index is 513. The van der Waals surface area contributed by atoms with Gasteiger partial charge in [-0.05, 0) is 59.2 Å². The van der Waals surface area contributed by atoms with E-state index in [2.05, 4.69) is 22.9 Å². The summed E-state index contributed by atoms with van der Waals surface area (Å²) in [4.78, 5) is 20.9. The van der Waals surface area contributed by atoms with Gasteiger partial charge in [-0.25, -0.2) is 4.79 Å². The summed E-state index contributed by atoms with van der Waals surface area (Å²) in [6.07, 6.45) is 3.69. The molecule has 2 atom stereocenters. The van der Waals surface area contributed by atoms with Crippen LogP contribution < -0.4 is 0 Å². The van der Waals surface area contributed by atoms with Gasteiger partial charge >= 0.3 is 6.09 Å². The van der Waals surface area contributed by atoms with E-state index in [1.807, 2.05) is 46.1 Å². The monoisotopic (exact) mass is 319 g/mol. The smallest absolute Gasteiger partial charge is 0.410 e. The van der Waals surface area contributed by atoms with Crippen LogP contribution in [0.3, 0.4) is 0 Å². The molecule has 1 saturated heterocycles. The number of rotatable bonds is 3. The van der Waals surface area contributed by atoms with Crippen molar-refractivity contribution in [3.63, 3.8) is 0 Å². The number of nitrogens with zero attached hydrogens (tertiary/aromatic N) is 3. The highest BCUT2D eigenvalue weighted by Gasteiger charge is 2.31. The molecule has 0 radical (unpaired) electrons. The fourth-order valence-electron chi connectivity index (χ4n) is 2.94. The second-order valence-electron chi connectivity index (χ2n) is 7.31. The summed E-state index contributed by atoms with van der Waals surface area (Å²) in [7, 11) is 1.84. The zero-order chi connectivity index (χ0) is 17.0. The number of likely N-dealkylation sites (tertiary alicyclic amines) is 1. The van der Waals surface area contributed by atoms with E-state index in [-0.39, 0.29) is 18.2 Å². The Morgan fingerprint density at radius 1 is 1.43 bits per heavy atom. The number of piperidine rings is 1. The third-order valence-electron chi connectivity index (χ3n) is 4.32. The Kier molecular flexibility index (Phi) is 5.63. The average Bonchev–Trinajstić information content (AvgIpc) is 2.52. The van der Waals surface area contributed by atoms with Gasteiger partial charge in [0.05, 0.1) is 5.69 Å². The molecule has 0 spiro atoms. The van der Waals surface area contributed by atoms with Gasteiger partial charge in [-0.15, -0.1) is 0 Å². The molecule has 2 rings (SSSR count). The molecule has 1 aliphatic heterocycles. The third-order valence-corrected chi connectivity index (χ3v) is 4.32. The first-order chi connectivity index (χ1) is 10.8. The zero-order valence-electron chi connectivity index (χ0n) is 15.0. The number of hydrogen-bond donors (Lipinski definition) is 0. The topological polar surface area (TPSA) is 45.7 Å². The van der Waals surface area contributed by atoms with Crippen LogP contribution in [0, 0.1) is 0 Å². The number of ether oxygens (including phenoxy) is 1. The maximum absolute atomic E-state index is 12.3. The van der Waals surface area contributed by atoms with Crippen molar-refractivity contribution in [3.8, 4) is 0 Å². The van der Waals surface area contributed by atoms with Gasteiger partial charge in [0.2, 0.25) is 0 Å². The molecule has 1 fully saturated rings. The van der Waals surface area contributed by atoms with Crippen LogP contribution >= 0.6 is 0 Å². The maximum Gasteiger partial charge on any atom is 0.410 e. The van der Waals surface area contributed by atoms with Crippen molar-refractivity contribution in [2.45, 2.75) is 58.2 Å². The Morgan fingerprint density at radius 2 is 2.17 bits per heavy atom. The SMILES string of the molecule is C[C@@H](c1ccccn1)N1CCC[C@@H](N(C)C(=O)OC(C)(C)C)C1.